The summed E-state index contributed by atoms with van der Waals surface area (Å²) in [4.78, 5) is 16.7. The Labute approximate surface area is 158 Å². The Balaban J connectivity index is 2.07. The first-order valence-electron chi connectivity index (χ1n) is 7.90. The number of nitrogens with one attached hydrogen (secondary N) is 1. The van der Waals surface area contributed by atoms with E-state index in [-0.39, 0.29) is 10.8 Å². The average molecular weight is 398 g/mol. The minimum atomic E-state index is -3.51. The summed E-state index contributed by atoms with van der Waals surface area (Å²) >= 11 is 1.26. The van der Waals surface area contributed by atoms with Gasteiger partial charge in [-0.3, -0.25) is 9.48 Å². The van der Waals surface area contributed by atoms with Crippen molar-refractivity contribution in [2.24, 2.45) is 7.05 Å². The summed E-state index contributed by atoms with van der Waals surface area (Å²) in [7, 11) is 1.24. The van der Waals surface area contributed by atoms with E-state index < -0.39 is 15.3 Å². The second kappa shape index (κ2) is 7.77. The third-order valence-corrected chi connectivity index (χ3v) is 6.76. The van der Waals surface area contributed by atoms with Crippen molar-refractivity contribution in [3.05, 3.63) is 29.7 Å². The van der Waals surface area contributed by atoms with Gasteiger partial charge in [-0.25, -0.2) is 17.7 Å². The van der Waals surface area contributed by atoms with Gasteiger partial charge in [0.15, 0.2) is 0 Å². The van der Waals surface area contributed by atoms with Crippen LogP contribution in [0, 0.1) is 13.8 Å². The van der Waals surface area contributed by atoms with Crippen LogP contribution in [0.2, 0.25) is 0 Å². The largest absolute Gasteiger partial charge is 0.322 e. The van der Waals surface area contributed by atoms with Crippen LogP contribution in [-0.2, 0) is 21.9 Å². The average Bonchev–Trinajstić information content (AvgIpc) is 2.81. The monoisotopic (exact) mass is 397 g/mol. The highest BCUT2D eigenvalue weighted by Crippen LogP contribution is 2.25. The number of carbonyl (C=O) groups is 1. The highest BCUT2D eigenvalue weighted by atomic mass is 32.2. The Morgan fingerprint density at radius 1 is 1.31 bits per heavy atom. The molecule has 0 aliphatic carbocycles. The Hall–Kier alpha value is -1.91. The molecule has 0 saturated heterocycles. The number of sulfonamides is 1. The Morgan fingerprint density at radius 2 is 1.96 bits per heavy atom. The van der Waals surface area contributed by atoms with E-state index in [0.717, 1.165) is 15.7 Å². The van der Waals surface area contributed by atoms with Gasteiger partial charge in [0.1, 0.15) is 4.90 Å². The predicted octanol–water partition coefficient (Wildman–Crippen LogP) is 1.80. The molecular weight excluding hydrogens is 374 g/mol. The van der Waals surface area contributed by atoms with Crippen molar-refractivity contribution in [1.82, 2.24) is 19.1 Å². The van der Waals surface area contributed by atoms with Crippen molar-refractivity contribution in [2.45, 2.75) is 35.9 Å². The molecule has 10 heteroatoms. The van der Waals surface area contributed by atoms with Crippen LogP contribution in [0.1, 0.15) is 18.3 Å². The molecule has 2 aromatic rings. The summed E-state index contributed by atoms with van der Waals surface area (Å²) in [5.74, 6) is -0.166. The zero-order valence-electron chi connectivity index (χ0n) is 15.6. The number of aryl methyl sites for hydroxylation is 2. The molecule has 0 aromatic carbocycles. The number of amides is 1. The van der Waals surface area contributed by atoms with Crippen LogP contribution in [0.25, 0.3) is 0 Å². The highest BCUT2D eigenvalue weighted by Gasteiger charge is 2.21. The summed E-state index contributed by atoms with van der Waals surface area (Å²) in [5, 5.41) is 7.34. The van der Waals surface area contributed by atoms with E-state index in [1.807, 2.05) is 20.9 Å². The van der Waals surface area contributed by atoms with Gasteiger partial charge in [0, 0.05) is 27.3 Å². The third-order valence-electron chi connectivity index (χ3n) is 3.91. The van der Waals surface area contributed by atoms with Crippen LogP contribution < -0.4 is 5.32 Å². The van der Waals surface area contributed by atoms with Crippen molar-refractivity contribution in [3.8, 4) is 0 Å². The van der Waals surface area contributed by atoms with Gasteiger partial charge in [0.25, 0.3) is 0 Å². The van der Waals surface area contributed by atoms with Crippen LogP contribution in [0.3, 0.4) is 0 Å². The van der Waals surface area contributed by atoms with Crippen LogP contribution in [0.4, 0.5) is 5.69 Å². The minimum Gasteiger partial charge on any atom is -0.322 e. The molecule has 0 fully saturated rings. The molecule has 2 heterocycles. The van der Waals surface area contributed by atoms with Gasteiger partial charge < -0.3 is 5.32 Å². The molecule has 1 N–H and O–H groups in total. The van der Waals surface area contributed by atoms with E-state index in [2.05, 4.69) is 15.4 Å². The first kappa shape index (κ1) is 20.4. The first-order chi connectivity index (χ1) is 12.0. The van der Waals surface area contributed by atoms with Gasteiger partial charge in [0.2, 0.25) is 15.9 Å². The zero-order valence-corrected chi connectivity index (χ0v) is 17.3. The molecular formula is C16H23N5O3S2. The first-order valence-corrected chi connectivity index (χ1v) is 10.2. The standard InChI is InChI=1S/C16H23N5O3S2/c1-10-15(11(2)21(6)19-10)18-16(22)12(3)25-14-8-7-13(9-17-14)26(23,24)20(4)5/h7-9,12H,1-6H3,(H,18,22). The number of anilines is 1. The number of aromatic nitrogens is 3. The van der Waals surface area contributed by atoms with E-state index >= 15 is 0 Å². The quantitative estimate of drug-likeness (QED) is 0.747. The lowest BCUT2D eigenvalue weighted by molar-refractivity contribution is -0.115. The number of hydrogen-bond donors (Lipinski definition) is 1. The van der Waals surface area contributed by atoms with Crippen LogP contribution >= 0.6 is 11.8 Å². The maximum Gasteiger partial charge on any atom is 0.244 e. The fourth-order valence-corrected chi connectivity index (χ4v) is 3.85. The molecule has 2 rings (SSSR count). The summed E-state index contributed by atoms with van der Waals surface area (Å²) in [6, 6.07) is 3.09. The molecule has 142 valence electrons. The van der Waals surface area contributed by atoms with Crippen molar-refractivity contribution in [1.29, 1.82) is 0 Å². The molecule has 0 bridgehead atoms. The summed E-state index contributed by atoms with van der Waals surface area (Å²) < 4.78 is 26.9. The SMILES string of the molecule is Cc1nn(C)c(C)c1NC(=O)C(C)Sc1ccc(S(=O)(=O)N(C)C)cn1. The molecule has 2 aromatic heterocycles. The number of nitrogens with zero attached hydrogens (tertiary/aromatic N) is 4. The van der Waals surface area contributed by atoms with Crippen molar-refractivity contribution < 1.29 is 13.2 Å². The predicted molar refractivity (Wildman–Crippen MR) is 102 cm³/mol. The highest BCUT2D eigenvalue weighted by molar-refractivity contribution is 8.00. The van der Waals surface area contributed by atoms with Gasteiger partial charge in [-0.05, 0) is 32.9 Å². The number of pyridine rings is 1. The van der Waals surface area contributed by atoms with E-state index in [0.29, 0.717) is 10.7 Å². The van der Waals surface area contributed by atoms with Crippen LogP contribution in [0.15, 0.2) is 28.3 Å². The summed E-state index contributed by atoms with van der Waals surface area (Å²) in [5.41, 5.74) is 2.35. The van der Waals surface area contributed by atoms with E-state index in [9.17, 15) is 13.2 Å². The number of carbonyl (C=O) groups excluding carboxylic acids is 1. The van der Waals surface area contributed by atoms with Gasteiger partial charge in [-0.2, -0.15) is 5.10 Å². The van der Waals surface area contributed by atoms with E-state index in [1.54, 1.807) is 17.7 Å². The molecule has 0 aliphatic rings. The number of hydrogen-bond acceptors (Lipinski definition) is 6. The molecule has 26 heavy (non-hydrogen) atoms. The van der Waals surface area contributed by atoms with E-state index in [1.165, 1.54) is 38.1 Å². The van der Waals surface area contributed by atoms with Crippen LogP contribution in [0.5, 0.6) is 0 Å². The normalized spacial score (nSPS) is 13.0. The lowest BCUT2D eigenvalue weighted by Gasteiger charge is -2.13. The Bertz CT molecular complexity index is 905. The van der Waals surface area contributed by atoms with Gasteiger partial charge in [0.05, 0.1) is 27.4 Å². The molecule has 1 atom stereocenters. The van der Waals surface area contributed by atoms with Gasteiger partial charge in [-0.1, -0.05) is 11.8 Å². The van der Waals surface area contributed by atoms with Crippen molar-refractivity contribution in [3.63, 3.8) is 0 Å². The van der Waals surface area contributed by atoms with Crippen molar-refractivity contribution in [2.75, 3.05) is 19.4 Å². The maximum absolute atomic E-state index is 12.4. The topological polar surface area (TPSA) is 97.2 Å². The fourth-order valence-electron chi connectivity index (χ4n) is 2.21. The maximum atomic E-state index is 12.4. The molecule has 8 nitrogen and oxygen atoms in total. The summed E-state index contributed by atoms with van der Waals surface area (Å²) in [6.07, 6.45) is 1.30. The molecule has 1 amide bonds. The van der Waals surface area contributed by atoms with Gasteiger partial charge >= 0.3 is 0 Å². The smallest absolute Gasteiger partial charge is 0.244 e. The molecule has 0 aliphatic heterocycles. The molecule has 0 radical (unpaired) electrons. The third kappa shape index (κ3) is 4.25. The Morgan fingerprint density at radius 3 is 2.42 bits per heavy atom. The van der Waals surface area contributed by atoms with Crippen molar-refractivity contribution >= 4 is 33.4 Å². The number of rotatable bonds is 6. The lowest BCUT2D eigenvalue weighted by Crippen LogP contribution is -2.23. The molecule has 1 unspecified atom stereocenters. The second-order valence-corrected chi connectivity index (χ2v) is 9.55. The lowest BCUT2D eigenvalue weighted by atomic mass is 10.3. The molecule has 0 spiro atoms. The number of thioether (sulfide) groups is 1. The van der Waals surface area contributed by atoms with Crippen LogP contribution in [-0.4, -0.2) is 52.7 Å². The summed E-state index contributed by atoms with van der Waals surface area (Å²) in [6.45, 7) is 5.50. The zero-order chi connectivity index (χ0) is 19.6. The van der Waals surface area contributed by atoms with E-state index in [4.69, 9.17) is 0 Å². The van der Waals surface area contributed by atoms with Gasteiger partial charge in [-0.15, -0.1) is 0 Å². The fraction of sp³-hybridized carbons (Fsp3) is 0.438. The molecule has 0 saturated carbocycles. The second-order valence-electron chi connectivity index (χ2n) is 6.04. The Kier molecular flexibility index (Phi) is 6.09. The minimum absolute atomic E-state index is 0.116.